The van der Waals surface area contributed by atoms with Crippen molar-refractivity contribution in [3.8, 4) is 0 Å². The summed E-state index contributed by atoms with van der Waals surface area (Å²) in [5.74, 6) is 2.26. The predicted molar refractivity (Wildman–Crippen MR) is 124 cm³/mol. The zero-order chi connectivity index (χ0) is 21.4. The Balaban J connectivity index is 1.45. The lowest BCUT2D eigenvalue weighted by molar-refractivity contribution is 0.234. The number of aliphatic imine (C=N–C) groups is 1. The number of nitrogens with zero attached hydrogens (tertiary/aromatic N) is 2. The molecule has 0 amide bonds. The van der Waals surface area contributed by atoms with Crippen molar-refractivity contribution < 1.29 is 8.42 Å². The number of sulfone groups is 1. The standard InChI is InChI=1S/C24H33N3O2S/c1-20-18-27(16-14-23(20)22-12-7-4-8-13-22)24(25-2)26-15-9-17-30(28,29)19-21-10-5-3-6-11-21/h3-8,10-13,20,23H,9,14-19H2,1-2H3,(H,25,26). The van der Waals surface area contributed by atoms with E-state index in [4.69, 9.17) is 0 Å². The summed E-state index contributed by atoms with van der Waals surface area (Å²) in [6.07, 6.45) is 1.67. The first-order valence-electron chi connectivity index (χ1n) is 10.7. The second-order valence-corrected chi connectivity index (χ2v) is 10.3. The van der Waals surface area contributed by atoms with Gasteiger partial charge in [0.15, 0.2) is 15.8 Å². The lowest BCUT2D eigenvalue weighted by atomic mass is 9.82. The fourth-order valence-electron chi connectivity index (χ4n) is 4.26. The predicted octanol–water partition coefficient (Wildman–Crippen LogP) is 3.69. The highest BCUT2D eigenvalue weighted by Crippen LogP contribution is 2.32. The van der Waals surface area contributed by atoms with Crippen molar-refractivity contribution >= 4 is 15.8 Å². The van der Waals surface area contributed by atoms with Crippen molar-refractivity contribution in [3.05, 3.63) is 71.8 Å². The molecule has 2 aromatic carbocycles. The fourth-order valence-corrected chi connectivity index (χ4v) is 5.69. The molecule has 0 aliphatic carbocycles. The fraction of sp³-hybridized carbons (Fsp3) is 0.458. The Morgan fingerprint density at radius 1 is 1.10 bits per heavy atom. The van der Waals surface area contributed by atoms with Crippen LogP contribution in [0.3, 0.4) is 0 Å². The van der Waals surface area contributed by atoms with Crippen LogP contribution in [0, 0.1) is 5.92 Å². The van der Waals surface area contributed by atoms with E-state index in [1.54, 1.807) is 7.05 Å². The van der Waals surface area contributed by atoms with E-state index < -0.39 is 9.84 Å². The van der Waals surface area contributed by atoms with Gasteiger partial charge in [-0.3, -0.25) is 4.99 Å². The molecule has 6 heteroatoms. The van der Waals surface area contributed by atoms with Crippen molar-refractivity contribution in [2.45, 2.75) is 31.4 Å². The minimum absolute atomic E-state index is 0.104. The summed E-state index contributed by atoms with van der Waals surface area (Å²) in [7, 11) is -1.31. The van der Waals surface area contributed by atoms with Gasteiger partial charge in [0.2, 0.25) is 0 Å². The molecule has 1 aliphatic rings. The highest BCUT2D eigenvalue weighted by atomic mass is 32.2. The summed E-state index contributed by atoms with van der Waals surface area (Å²) in [4.78, 5) is 6.72. The third-order valence-electron chi connectivity index (χ3n) is 5.79. The Bertz CT molecular complexity index is 914. The number of nitrogens with one attached hydrogen (secondary N) is 1. The first kappa shape index (κ1) is 22.3. The van der Waals surface area contributed by atoms with Crippen molar-refractivity contribution in [2.24, 2.45) is 10.9 Å². The summed E-state index contributed by atoms with van der Waals surface area (Å²) in [5.41, 5.74) is 2.26. The molecule has 0 aromatic heterocycles. The van der Waals surface area contributed by atoms with Gasteiger partial charge in [0.25, 0.3) is 0 Å². The van der Waals surface area contributed by atoms with Gasteiger partial charge in [0, 0.05) is 26.7 Å². The maximum Gasteiger partial charge on any atom is 0.193 e. The van der Waals surface area contributed by atoms with Gasteiger partial charge in [0.1, 0.15) is 0 Å². The molecule has 1 aliphatic heterocycles. The third kappa shape index (κ3) is 6.33. The highest BCUT2D eigenvalue weighted by molar-refractivity contribution is 7.90. The van der Waals surface area contributed by atoms with Gasteiger partial charge < -0.3 is 10.2 Å². The molecule has 0 radical (unpaired) electrons. The summed E-state index contributed by atoms with van der Waals surface area (Å²) >= 11 is 0. The minimum Gasteiger partial charge on any atom is -0.356 e. The van der Waals surface area contributed by atoms with Gasteiger partial charge in [-0.15, -0.1) is 0 Å². The van der Waals surface area contributed by atoms with Crippen LogP contribution in [0.15, 0.2) is 65.7 Å². The van der Waals surface area contributed by atoms with Crippen molar-refractivity contribution in [2.75, 3.05) is 32.4 Å². The van der Waals surface area contributed by atoms with Crippen LogP contribution >= 0.6 is 0 Å². The number of hydrogen-bond donors (Lipinski definition) is 1. The van der Waals surface area contributed by atoms with Gasteiger partial charge in [-0.1, -0.05) is 67.6 Å². The van der Waals surface area contributed by atoms with Crippen LogP contribution in [0.25, 0.3) is 0 Å². The Kier molecular flexibility index (Phi) is 7.91. The van der Waals surface area contributed by atoms with Crippen molar-refractivity contribution in [3.63, 3.8) is 0 Å². The van der Waals surface area contributed by atoms with E-state index in [0.29, 0.717) is 24.8 Å². The molecule has 3 rings (SSSR count). The number of guanidine groups is 1. The van der Waals surface area contributed by atoms with Crippen LogP contribution in [0.1, 0.15) is 36.8 Å². The van der Waals surface area contributed by atoms with Crippen molar-refractivity contribution in [1.82, 2.24) is 10.2 Å². The Hall–Kier alpha value is -2.34. The molecule has 2 aromatic rings. The lowest BCUT2D eigenvalue weighted by Gasteiger charge is -2.39. The molecular formula is C24H33N3O2S. The molecule has 5 nitrogen and oxygen atoms in total. The number of piperidine rings is 1. The molecule has 30 heavy (non-hydrogen) atoms. The van der Waals surface area contributed by atoms with Crippen LogP contribution in [0.2, 0.25) is 0 Å². The largest absolute Gasteiger partial charge is 0.356 e. The molecule has 1 saturated heterocycles. The van der Waals surface area contributed by atoms with Crippen LogP contribution in [-0.4, -0.2) is 51.7 Å². The number of rotatable bonds is 7. The van der Waals surface area contributed by atoms with Crippen LogP contribution in [-0.2, 0) is 15.6 Å². The summed E-state index contributed by atoms with van der Waals surface area (Å²) in [5, 5.41) is 3.36. The third-order valence-corrected chi connectivity index (χ3v) is 7.47. The van der Waals surface area contributed by atoms with E-state index in [-0.39, 0.29) is 11.5 Å². The normalized spacial score (nSPS) is 20.2. The average molecular weight is 428 g/mol. The average Bonchev–Trinajstić information content (AvgIpc) is 2.75. The topological polar surface area (TPSA) is 61.8 Å². The molecule has 1 fully saturated rings. The van der Waals surface area contributed by atoms with E-state index in [1.165, 1.54) is 5.56 Å². The number of likely N-dealkylation sites (tertiary alicyclic amines) is 1. The van der Waals surface area contributed by atoms with Crippen LogP contribution in [0.5, 0.6) is 0 Å². The smallest absolute Gasteiger partial charge is 0.193 e. The maximum absolute atomic E-state index is 12.4. The van der Waals surface area contributed by atoms with Crippen LogP contribution < -0.4 is 5.32 Å². The lowest BCUT2D eigenvalue weighted by Crippen LogP contribution is -2.48. The van der Waals surface area contributed by atoms with Gasteiger partial charge >= 0.3 is 0 Å². The van der Waals surface area contributed by atoms with E-state index in [0.717, 1.165) is 31.0 Å². The SMILES string of the molecule is CN=C(NCCCS(=O)(=O)Cc1ccccc1)N1CCC(c2ccccc2)C(C)C1. The van der Waals surface area contributed by atoms with E-state index in [1.807, 2.05) is 30.3 Å². The molecule has 2 unspecified atom stereocenters. The first-order chi connectivity index (χ1) is 14.5. The van der Waals surface area contributed by atoms with Gasteiger partial charge in [0.05, 0.1) is 11.5 Å². The van der Waals surface area contributed by atoms with Crippen LogP contribution in [0.4, 0.5) is 0 Å². The molecule has 2 atom stereocenters. The monoisotopic (exact) mass is 427 g/mol. The molecular weight excluding hydrogens is 394 g/mol. The summed E-state index contributed by atoms with van der Waals surface area (Å²) < 4.78 is 24.7. The molecule has 1 heterocycles. The summed E-state index contributed by atoms with van der Waals surface area (Å²) in [6.45, 7) is 4.81. The Morgan fingerprint density at radius 3 is 2.40 bits per heavy atom. The summed E-state index contributed by atoms with van der Waals surface area (Å²) in [6, 6.07) is 20.1. The Morgan fingerprint density at radius 2 is 1.77 bits per heavy atom. The van der Waals surface area contributed by atoms with Crippen molar-refractivity contribution in [1.29, 1.82) is 0 Å². The zero-order valence-electron chi connectivity index (χ0n) is 18.0. The molecule has 0 bridgehead atoms. The highest BCUT2D eigenvalue weighted by Gasteiger charge is 2.28. The minimum atomic E-state index is -3.10. The quantitative estimate of drug-likeness (QED) is 0.416. The maximum atomic E-state index is 12.4. The van der Waals surface area contributed by atoms with Gasteiger partial charge in [-0.25, -0.2) is 8.42 Å². The van der Waals surface area contributed by atoms with Gasteiger partial charge in [-0.2, -0.15) is 0 Å². The van der Waals surface area contributed by atoms with E-state index in [2.05, 4.69) is 52.5 Å². The van der Waals surface area contributed by atoms with E-state index in [9.17, 15) is 8.42 Å². The first-order valence-corrected chi connectivity index (χ1v) is 12.6. The molecule has 162 valence electrons. The zero-order valence-corrected chi connectivity index (χ0v) is 18.8. The molecule has 1 N–H and O–H groups in total. The second-order valence-electron chi connectivity index (χ2n) is 8.13. The number of hydrogen-bond acceptors (Lipinski definition) is 3. The number of benzene rings is 2. The molecule has 0 spiro atoms. The molecule has 0 saturated carbocycles. The Labute approximate surface area is 181 Å². The van der Waals surface area contributed by atoms with Gasteiger partial charge in [-0.05, 0) is 35.8 Å². The van der Waals surface area contributed by atoms with E-state index >= 15 is 0 Å². The second kappa shape index (κ2) is 10.6.